The third-order valence-electron chi connectivity index (χ3n) is 8.63. The number of imide groups is 1. The van der Waals surface area contributed by atoms with Gasteiger partial charge in [-0.05, 0) is 37.1 Å². The van der Waals surface area contributed by atoms with Gasteiger partial charge in [0.25, 0.3) is 11.8 Å². The third kappa shape index (κ3) is 15.1. The molecule has 10 N–H and O–H groups in total. The van der Waals surface area contributed by atoms with E-state index in [1.54, 1.807) is 0 Å². The second kappa shape index (κ2) is 23.5. The van der Waals surface area contributed by atoms with Gasteiger partial charge in [-0.1, -0.05) is 12.5 Å². The monoisotopic (exact) mass is 829 g/mol. The maximum absolute atomic E-state index is 13.3. The van der Waals surface area contributed by atoms with Crippen molar-refractivity contribution < 1.29 is 88.0 Å². The largest absolute Gasteiger partial charge is 0.479 e. The van der Waals surface area contributed by atoms with Crippen molar-refractivity contribution in [1.82, 2.24) is 21.0 Å². The van der Waals surface area contributed by atoms with Gasteiger partial charge < -0.3 is 65.1 Å². The molecule has 0 saturated carbocycles. The summed E-state index contributed by atoms with van der Waals surface area (Å²) in [5.41, 5.74) is 0.293. The number of hydrogen-bond acceptors (Lipinski definition) is 19. The quantitative estimate of drug-likeness (QED) is 0.0213. The Morgan fingerprint density at radius 3 is 2.31 bits per heavy atom. The van der Waals surface area contributed by atoms with E-state index in [2.05, 4.69) is 21.3 Å². The molecular formula is C35H51N5O18. The number of rotatable bonds is 24. The normalized spacial score (nSPS) is 22.1. The Hall–Kier alpha value is -4.85. The Balaban J connectivity index is 1.64. The van der Waals surface area contributed by atoms with Crippen molar-refractivity contribution in [1.29, 1.82) is 0 Å². The second-order valence-electron chi connectivity index (χ2n) is 13.3. The molecule has 2 saturated heterocycles. The molecule has 0 radical (unpaired) electrons. The van der Waals surface area contributed by atoms with E-state index in [1.165, 1.54) is 32.2 Å². The molecule has 0 aromatic heterocycles. The lowest BCUT2D eigenvalue weighted by Gasteiger charge is -2.38. The fraction of sp³-hybridized carbons (Fsp3) is 0.629. The van der Waals surface area contributed by atoms with Crippen LogP contribution < -0.4 is 26.0 Å². The van der Waals surface area contributed by atoms with E-state index in [-0.39, 0.29) is 50.3 Å². The predicted octanol–water partition coefficient (Wildman–Crippen LogP) is -3.15. The Morgan fingerprint density at radius 2 is 1.66 bits per heavy atom. The molecule has 2 aliphatic rings. The van der Waals surface area contributed by atoms with Crippen molar-refractivity contribution in [2.75, 3.05) is 32.1 Å². The number of carbonyl (C=O) groups is 7. The standard InChI is InChI=1S/C35H51N5O18/c1-18(41)55-17-19-6-7-22(56-35-31(50)29(48)30(49)32(57-35)34(52)53)21(15-19)39-24(43)10-13-37-33(51)20(5-3-4-12-36-23(42)11-14-54-2)38-25(44)16-28(47)58-40-26(45)8-9-27(40)46/h6-7,15,20,23,25,29-32,35-36,38,42,44,48-50H,3-5,8-14,16-17H2,1-2H3,(H,37,51)(H,39,43)(H,52,53)/t20-,23+,25+,29-,30-,31+,32-,35+/m0/s1. The van der Waals surface area contributed by atoms with Crippen molar-refractivity contribution in [3.05, 3.63) is 23.8 Å². The van der Waals surface area contributed by atoms with Crippen LogP contribution in [0.2, 0.25) is 0 Å². The molecule has 0 unspecified atom stereocenters. The summed E-state index contributed by atoms with van der Waals surface area (Å²) in [4.78, 5) is 90.0. The van der Waals surface area contributed by atoms with Crippen molar-refractivity contribution in [3.63, 3.8) is 0 Å². The van der Waals surface area contributed by atoms with Crippen LogP contribution in [-0.4, -0.2) is 153 Å². The number of aliphatic carboxylic acids is 1. The molecule has 2 fully saturated rings. The molecule has 4 amide bonds. The van der Waals surface area contributed by atoms with Crippen LogP contribution >= 0.6 is 0 Å². The first-order valence-corrected chi connectivity index (χ1v) is 18.3. The number of amides is 4. The fourth-order valence-electron chi connectivity index (χ4n) is 5.57. The number of hydrogen-bond donors (Lipinski definition) is 10. The Labute approximate surface area is 331 Å². The number of aliphatic hydroxyl groups excluding tert-OH is 5. The van der Waals surface area contributed by atoms with Crippen molar-refractivity contribution in [3.8, 4) is 5.75 Å². The molecule has 23 nitrogen and oxygen atoms in total. The number of carboxylic acid groups (broad SMARTS) is 1. The minimum Gasteiger partial charge on any atom is -0.479 e. The van der Waals surface area contributed by atoms with Gasteiger partial charge in [-0.25, -0.2) is 9.59 Å². The van der Waals surface area contributed by atoms with E-state index >= 15 is 0 Å². The molecule has 3 rings (SSSR count). The lowest BCUT2D eigenvalue weighted by molar-refractivity contribution is -0.271. The van der Waals surface area contributed by atoms with Crippen molar-refractivity contribution in [2.24, 2.45) is 0 Å². The maximum Gasteiger partial charge on any atom is 0.337 e. The number of anilines is 1. The van der Waals surface area contributed by atoms with E-state index in [0.717, 1.165) is 0 Å². The Kier molecular flexibility index (Phi) is 19.3. The van der Waals surface area contributed by atoms with Gasteiger partial charge in [0.2, 0.25) is 18.1 Å². The van der Waals surface area contributed by atoms with Gasteiger partial charge in [0.15, 0.2) is 6.10 Å². The maximum atomic E-state index is 13.3. The average Bonchev–Trinajstić information content (AvgIpc) is 3.48. The summed E-state index contributed by atoms with van der Waals surface area (Å²) < 4.78 is 20.7. The lowest BCUT2D eigenvalue weighted by Crippen LogP contribution is -2.61. The second-order valence-corrected chi connectivity index (χ2v) is 13.3. The van der Waals surface area contributed by atoms with Crippen molar-refractivity contribution >= 4 is 47.2 Å². The number of carboxylic acids is 1. The zero-order chi connectivity index (χ0) is 42.9. The minimum absolute atomic E-state index is 0.0721. The number of aliphatic hydroxyl groups is 5. The molecule has 58 heavy (non-hydrogen) atoms. The van der Waals surface area contributed by atoms with Crippen LogP contribution in [0.4, 0.5) is 5.69 Å². The van der Waals surface area contributed by atoms with Crippen LogP contribution in [0.15, 0.2) is 18.2 Å². The van der Waals surface area contributed by atoms with Crippen LogP contribution in [0.1, 0.15) is 63.9 Å². The third-order valence-corrected chi connectivity index (χ3v) is 8.63. The molecule has 2 aliphatic heterocycles. The van der Waals surface area contributed by atoms with Gasteiger partial charge in [-0.3, -0.25) is 34.6 Å². The lowest BCUT2D eigenvalue weighted by atomic mass is 9.99. The molecular weight excluding hydrogens is 778 g/mol. The highest BCUT2D eigenvalue weighted by atomic mass is 16.7. The van der Waals surface area contributed by atoms with Crippen LogP contribution in [0.3, 0.4) is 0 Å². The highest BCUT2D eigenvalue weighted by Crippen LogP contribution is 2.31. The number of carbonyl (C=O) groups excluding carboxylic acids is 6. The SMILES string of the molecule is COCC[C@@H](O)NCCCC[C@H](N[C@H](O)CC(=O)ON1C(=O)CCC1=O)C(=O)NCCC(=O)Nc1cc(COC(C)=O)ccc1O[C@@H]1O[C@H](C(=O)O)[C@@H](O)[C@H](O)[C@H]1O. The first-order valence-electron chi connectivity index (χ1n) is 18.3. The molecule has 23 heteroatoms. The van der Waals surface area contributed by atoms with Crippen LogP contribution in [0.25, 0.3) is 0 Å². The molecule has 0 bridgehead atoms. The van der Waals surface area contributed by atoms with Gasteiger partial charge in [-0.2, -0.15) is 0 Å². The predicted molar refractivity (Wildman–Crippen MR) is 192 cm³/mol. The highest BCUT2D eigenvalue weighted by molar-refractivity contribution is 6.01. The van der Waals surface area contributed by atoms with Gasteiger partial charge in [-0.15, -0.1) is 5.06 Å². The number of nitrogens with one attached hydrogen (secondary N) is 4. The van der Waals surface area contributed by atoms with E-state index in [4.69, 9.17) is 23.8 Å². The zero-order valence-corrected chi connectivity index (χ0v) is 31.9. The first-order chi connectivity index (χ1) is 27.5. The number of unbranched alkanes of at least 4 members (excludes halogenated alkanes) is 1. The molecule has 2 heterocycles. The van der Waals surface area contributed by atoms with Crippen LogP contribution in [0, 0.1) is 0 Å². The summed E-state index contributed by atoms with van der Waals surface area (Å²) in [5, 5.41) is 71.5. The molecule has 0 spiro atoms. The molecule has 1 aromatic rings. The number of nitrogens with zero attached hydrogens (tertiary/aromatic N) is 1. The minimum atomic E-state index is -1.98. The number of esters is 1. The van der Waals surface area contributed by atoms with Gasteiger partial charge in [0, 0.05) is 52.9 Å². The van der Waals surface area contributed by atoms with Crippen molar-refractivity contribution in [2.45, 2.75) is 114 Å². The summed E-state index contributed by atoms with van der Waals surface area (Å²) in [5.74, 6) is -6.35. The van der Waals surface area contributed by atoms with E-state index < -0.39 is 97.2 Å². The van der Waals surface area contributed by atoms with Gasteiger partial charge in [0.05, 0.1) is 18.2 Å². The smallest absolute Gasteiger partial charge is 0.337 e. The summed E-state index contributed by atoms with van der Waals surface area (Å²) in [7, 11) is 1.50. The average molecular weight is 830 g/mol. The first kappa shape index (κ1) is 47.5. The van der Waals surface area contributed by atoms with Crippen LogP contribution in [0.5, 0.6) is 5.75 Å². The number of methoxy groups -OCH3 is 1. The fourth-order valence-corrected chi connectivity index (χ4v) is 5.57. The van der Waals surface area contributed by atoms with Crippen LogP contribution in [-0.2, 0) is 59.2 Å². The summed E-state index contributed by atoms with van der Waals surface area (Å²) in [6, 6.07) is 2.93. The Morgan fingerprint density at radius 1 is 0.948 bits per heavy atom. The molecule has 0 aliphatic carbocycles. The topological polar surface area (TPSA) is 338 Å². The summed E-state index contributed by atoms with van der Waals surface area (Å²) in [6.45, 7) is 1.40. The number of ether oxygens (including phenoxy) is 4. The highest BCUT2D eigenvalue weighted by Gasteiger charge is 2.48. The number of benzene rings is 1. The molecule has 324 valence electrons. The molecule has 8 atom stereocenters. The summed E-state index contributed by atoms with van der Waals surface area (Å²) >= 11 is 0. The molecule has 1 aromatic carbocycles. The zero-order valence-electron chi connectivity index (χ0n) is 31.9. The Bertz CT molecular complexity index is 1580. The van der Waals surface area contributed by atoms with E-state index in [1.807, 2.05) is 0 Å². The summed E-state index contributed by atoms with van der Waals surface area (Å²) in [6.07, 6.45) is -12.2. The van der Waals surface area contributed by atoms with Gasteiger partial charge in [0.1, 0.15) is 43.1 Å². The van der Waals surface area contributed by atoms with E-state index in [9.17, 15) is 64.2 Å². The number of hydroxylamine groups is 2. The van der Waals surface area contributed by atoms with Gasteiger partial charge >= 0.3 is 17.9 Å². The van der Waals surface area contributed by atoms with E-state index in [0.29, 0.717) is 43.0 Å².